The zero-order chi connectivity index (χ0) is 14.5. The van der Waals surface area contributed by atoms with Crippen LogP contribution in [0.5, 0.6) is 0 Å². The average Bonchev–Trinajstić information content (AvgIpc) is 3.23. The zero-order valence-corrected chi connectivity index (χ0v) is 11.8. The molecule has 0 atom stereocenters. The number of pyridine rings is 1. The molecule has 20 heavy (non-hydrogen) atoms. The maximum absolute atomic E-state index is 12.4. The second kappa shape index (κ2) is 6.52. The summed E-state index contributed by atoms with van der Waals surface area (Å²) >= 11 is 5.89. The van der Waals surface area contributed by atoms with E-state index in [2.05, 4.69) is 10.3 Å². The molecular formula is C14H15ClN2O3. The van der Waals surface area contributed by atoms with Crippen LogP contribution < -0.4 is 5.32 Å². The maximum Gasteiger partial charge on any atom is 0.343 e. The van der Waals surface area contributed by atoms with Crippen molar-refractivity contribution in [2.75, 3.05) is 6.61 Å². The van der Waals surface area contributed by atoms with Gasteiger partial charge in [-0.25, -0.2) is 9.78 Å². The van der Waals surface area contributed by atoms with Crippen LogP contribution in [0.15, 0.2) is 30.1 Å². The molecule has 1 fully saturated rings. The number of ether oxygens (including phenoxy) is 1. The van der Waals surface area contributed by atoms with E-state index in [1.165, 1.54) is 18.5 Å². The molecule has 1 heterocycles. The van der Waals surface area contributed by atoms with Gasteiger partial charge in [0.2, 0.25) is 5.78 Å². The molecule has 0 amide bonds. The molecule has 1 N–H and O–H groups in total. The van der Waals surface area contributed by atoms with Crippen LogP contribution in [-0.4, -0.2) is 29.4 Å². The van der Waals surface area contributed by atoms with Gasteiger partial charge in [0.05, 0.1) is 12.2 Å². The van der Waals surface area contributed by atoms with Crippen molar-refractivity contribution >= 4 is 23.4 Å². The first-order valence-electron chi connectivity index (χ1n) is 6.42. The molecule has 6 heteroatoms. The number of hydrogen-bond acceptors (Lipinski definition) is 5. The third-order valence-corrected chi connectivity index (χ3v) is 3.09. The summed E-state index contributed by atoms with van der Waals surface area (Å²) in [7, 11) is 0. The molecule has 0 spiro atoms. The number of rotatable bonds is 6. The van der Waals surface area contributed by atoms with Crippen LogP contribution in [0.25, 0.3) is 0 Å². The molecule has 1 aliphatic carbocycles. The summed E-state index contributed by atoms with van der Waals surface area (Å²) in [5.74, 6) is -1.15. The summed E-state index contributed by atoms with van der Waals surface area (Å²) in [6.45, 7) is 1.89. The first-order valence-corrected chi connectivity index (χ1v) is 6.79. The molecule has 5 nitrogen and oxygen atoms in total. The first kappa shape index (κ1) is 14.5. The lowest BCUT2D eigenvalue weighted by atomic mass is 10.1. The third-order valence-electron chi connectivity index (χ3n) is 2.78. The Hall–Kier alpha value is -1.88. The molecule has 1 aromatic heterocycles. The van der Waals surface area contributed by atoms with Gasteiger partial charge >= 0.3 is 5.97 Å². The van der Waals surface area contributed by atoms with Crippen molar-refractivity contribution < 1.29 is 14.3 Å². The Morgan fingerprint density at radius 1 is 1.55 bits per heavy atom. The van der Waals surface area contributed by atoms with Gasteiger partial charge in [-0.1, -0.05) is 11.6 Å². The lowest BCUT2D eigenvalue weighted by molar-refractivity contribution is -0.138. The van der Waals surface area contributed by atoms with Gasteiger partial charge in [0, 0.05) is 18.4 Å². The van der Waals surface area contributed by atoms with Crippen LogP contribution in [0.3, 0.4) is 0 Å². The number of carbonyl (C=O) groups is 2. The molecule has 1 aromatic rings. The Labute approximate surface area is 122 Å². The Kier molecular flexibility index (Phi) is 4.74. The van der Waals surface area contributed by atoms with E-state index < -0.39 is 11.8 Å². The standard InChI is InChI=1S/C14H15ClN2O3/c1-2-20-14(19)11(8-17-9-5-6-9)12(18)10-4-3-7-16-13(10)15/h3-4,7-9,17H,2,5-6H2,1H3/b11-8+. The second-order valence-corrected chi connectivity index (χ2v) is 4.75. The van der Waals surface area contributed by atoms with Gasteiger partial charge in [-0.3, -0.25) is 4.79 Å². The van der Waals surface area contributed by atoms with E-state index in [0.29, 0.717) is 6.04 Å². The predicted molar refractivity (Wildman–Crippen MR) is 74.5 cm³/mol. The molecule has 1 aliphatic rings. The van der Waals surface area contributed by atoms with Crippen molar-refractivity contribution in [3.63, 3.8) is 0 Å². The molecule has 0 radical (unpaired) electrons. The maximum atomic E-state index is 12.4. The molecule has 106 valence electrons. The highest BCUT2D eigenvalue weighted by atomic mass is 35.5. The number of esters is 1. The van der Waals surface area contributed by atoms with Crippen molar-refractivity contribution in [1.29, 1.82) is 0 Å². The lowest BCUT2D eigenvalue weighted by Gasteiger charge is -2.08. The first-order chi connectivity index (χ1) is 9.63. The van der Waals surface area contributed by atoms with Gasteiger partial charge in [0.1, 0.15) is 10.7 Å². The van der Waals surface area contributed by atoms with Gasteiger partial charge in [-0.2, -0.15) is 0 Å². The van der Waals surface area contributed by atoms with Crippen LogP contribution in [0.1, 0.15) is 30.1 Å². The van der Waals surface area contributed by atoms with Gasteiger partial charge in [0.15, 0.2) is 0 Å². The highest BCUT2D eigenvalue weighted by molar-refractivity contribution is 6.35. The van der Waals surface area contributed by atoms with Gasteiger partial charge < -0.3 is 10.1 Å². The van der Waals surface area contributed by atoms with E-state index >= 15 is 0 Å². The lowest BCUT2D eigenvalue weighted by Crippen LogP contribution is -2.21. The Bertz CT molecular complexity index is 553. The van der Waals surface area contributed by atoms with Crippen LogP contribution in [0.4, 0.5) is 0 Å². The number of nitrogens with zero attached hydrogens (tertiary/aromatic N) is 1. The molecule has 0 saturated heterocycles. The molecule has 0 aromatic carbocycles. The number of halogens is 1. The summed E-state index contributed by atoms with van der Waals surface area (Å²) in [4.78, 5) is 28.1. The van der Waals surface area contributed by atoms with E-state index in [1.807, 2.05) is 0 Å². The quantitative estimate of drug-likeness (QED) is 0.217. The van der Waals surface area contributed by atoms with Gasteiger partial charge in [-0.05, 0) is 31.9 Å². The SMILES string of the molecule is CCOC(=O)/C(=C/NC1CC1)C(=O)c1cccnc1Cl. The summed E-state index contributed by atoms with van der Waals surface area (Å²) in [5, 5.41) is 3.09. The fraction of sp³-hybridized carbons (Fsp3) is 0.357. The topological polar surface area (TPSA) is 68.3 Å². The summed E-state index contributed by atoms with van der Waals surface area (Å²) in [5.41, 5.74) is 0.125. The zero-order valence-electron chi connectivity index (χ0n) is 11.1. The molecular weight excluding hydrogens is 280 g/mol. The monoisotopic (exact) mass is 294 g/mol. The second-order valence-electron chi connectivity index (χ2n) is 4.39. The van der Waals surface area contributed by atoms with Crippen molar-refractivity contribution in [2.24, 2.45) is 0 Å². The number of aromatic nitrogens is 1. The Balaban J connectivity index is 2.25. The summed E-state index contributed by atoms with van der Waals surface area (Å²) in [6, 6.07) is 3.45. The smallest absolute Gasteiger partial charge is 0.343 e. The highest BCUT2D eigenvalue weighted by Crippen LogP contribution is 2.20. The minimum Gasteiger partial charge on any atom is -0.462 e. The molecule has 0 aliphatic heterocycles. The normalized spacial score (nSPS) is 14.8. The number of ketones is 1. The molecule has 1 saturated carbocycles. The molecule has 0 bridgehead atoms. The van der Waals surface area contributed by atoms with Crippen LogP contribution >= 0.6 is 11.6 Å². The van der Waals surface area contributed by atoms with Crippen molar-refractivity contribution in [3.8, 4) is 0 Å². The number of Topliss-reactive ketones (excluding diaryl/α,β-unsaturated/α-hetero) is 1. The minimum absolute atomic E-state index is 0.0614. The average molecular weight is 295 g/mol. The largest absolute Gasteiger partial charge is 0.462 e. The van der Waals surface area contributed by atoms with E-state index in [0.717, 1.165) is 12.8 Å². The number of nitrogens with one attached hydrogen (secondary N) is 1. The van der Waals surface area contributed by atoms with Crippen LogP contribution in [-0.2, 0) is 9.53 Å². The van der Waals surface area contributed by atoms with E-state index in [1.54, 1.807) is 13.0 Å². The van der Waals surface area contributed by atoms with Crippen LogP contribution in [0, 0.1) is 0 Å². The Morgan fingerprint density at radius 3 is 2.90 bits per heavy atom. The molecule has 0 unspecified atom stereocenters. The summed E-state index contributed by atoms with van der Waals surface area (Å²) < 4.78 is 4.91. The fourth-order valence-electron chi connectivity index (χ4n) is 1.58. The number of hydrogen-bond donors (Lipinski definition) is 1. The Morgan fingerprint density at radius 2 is 2.30 bits per heavy atom. The van der Waals surface area contributed by atoms with Gasteiger partial charge in [-0.15, -0.1) is 0 Å². The summed E-state index contributed by atoms with van der Waals surface area (Å²) in [6.07, 6.45) is 4.97. The van der Waals surface area contributed by atoms with E-state index in [4.69, 9.17) is 16.3 Å². The van der Waals surface area contributed by atoms with Crippen molar-refractivity contribution in [2.45, 2.75) is 25.8 Å². The fourth-order valence-corrected chi connectivity index (χ4v) is 1.78. The third kappa shape index (κ3) is 3.57. The minimum atomic E-state index is -0.662. The highest BCUT2D eigenvalue weighted by Gasteiger charge is 2.25. The van der Waals surface area contributed by atoms with Gasteiger partial charge in [0.25, 0.3) is 0 Å². The molecule has 2 rings (SSSR count). The van der Waals surface area contributed by atoms with E-state index in [-0.39, 0.29) is 22.9 Å². The van der Waals surface area contributed by atoms with Crippen LogP contribution in [0.2, 0.25) is 5.15 Å². The van der Waals surface area contributed by atoms with Crippen molar-refractivity contribution in [3.05, 3.63) is 40.8 Å². The predicted octanol–water partition coefficient (Wildman–Crippen LogP) is 2.12. The van der Waals surface area contributed by atoms with E-state index in [9.17, 15) is 9.59 Å². The number of carbonyl (C=O) groups excluding carboxylic acids is 2. The van der Waals surface area contributed by atoms with Crippen molar-refractivity contribution in [1.82, 2.24) is 10.3 Å².